The van der Waals surface area contributed by atoms with E-state index in [9.17, 15) is 9.90 Å². The predicted molar refractivity (Wildman–Crippen MR) is 55.0 cm³/mol. The monoisotopic (exact) mass is 203 g/mol. The molecule has 0 aliphatic heterocycles. The van der Waals surface area contributed by atoms with Crippen LogP contribution in [0.25, 0.3) is 0 Å². The maximum absolute atomic E-state index is 11.1. The van der Waals surface area contributed by atoms with Crippen LogP contribution < -0.4 is 5.32 Å². The first kappa shape index (κ1) is 13.4. The van der Waals surface area contributed by atoms with Crippen LogP contribution in [0.4, 0.5) is 0 Å². The lowest BCUT2D eigenvalue weighted by Crippen LogP contribution is -2.43. The van der Waals surface area contributed by atoms with Crippen LogP contribution >= 0.6 is 0 Å². The van der Waals surface area contributed by atoms with Crippen LogP contribution in [0.1, 0.15) is 27.7 Å². The molecule has 0 fully saturated rings. The van der Waals surface area contributed by atoms with E-state index in [-0.39, 0.29) is 5.91 Å². The van der Waals surface area contributed by atoms with E-state index in [1.54, 1.807) is 0 Å². The summed E-state index contributed by atoms with van der Waals surface area (Å²) in [4.78, 5) is 11.1. The summed E-state index contributed by atoms with van der Waals surface area (Å²) in [6, 6.07) is 0. The lowest BCUT2D eigenvalue weighted by atomic mass is 10.1. The summed E-state index contributed by atoms with van der Waals surface area (Å²) in [7, 11) is 0. The molecule has 0 heterocycles. The average molecular weight is 203 g/mol. The van der Waals surface area contributed by atoms with Gasteiger partial charge >= 0.3 is 0 Å². The molecule has 84 valence electrons. The quantitative estimate of drug-likeness (QED) is 0.620. The Kier molecular flexibility index (Phi) is 5.72. The molecular formula is C10H21NO3. The fourth-order valence-corrected chi connectivity index (χ4v) is 0.772. The summed E-state index contributed by atoms with van der Waals surface area (Å²) in [6.07, 6.45) is 0. The predicted octanol–water partition coefficient (Wildman–Crippen LogP) is 0.546. The minimum absolute atomic E-state index is 0.370. The second-order valence-electron chi connectivity index (χ2n) is 4.28. The third kappa shape index (κ3) is 6.86. The molecule has 0 saturated heterocycles. The van der Waals surface area contributed by atoms with Crippen molar-refractivity contribution in [2.75, 3.05) is 19.8 Å². The van der Waals surface area contributed by atoms with Crippen molar-refractivity contribution >= 4 is 5.91 Å². The average Bonchev–Trinajstić information content (AvgIpc) is 2.01. The lowest BCUT2D eigenvalue weighted by Gasteiger charge is -2.16. The van der Waals surface area contributed by atoms with Crippen molar-refractivity contribution in [3.8, 4) is 0 Å². The van der Waals surface area contributed by atoms with Crippen molar-refractivity contribution < 1.29 is 14.6 Å². The fraction of sp³-hybridized carbons (Fsp3) is 0.900. The molecule has 0 aromatic rings. The van der Waals surface area contributed by atoms with Crippen molar-refractivity contribution in [2.45, 2.75) is 33.3 Å². The van der Waals surface area contributed by atoms with E-state index >= 15 is 0 Å². The Morgan fingerprint density at radius 1 is 1.50 bits per heavy atom. The van der Waals surface area contributed by atoms with Crippen LogP contribution in [0, 0.1) is 5.92 Å². The second-order valence-corrected chi connectivity index (χ2v) is 4.28. The summed E-state index contributed by atoms with van der Waals surface area (Å²) in [5, 5.41) is 11.9. The Hall–Kier alpha value is -0.610. The Balaban J connectivity index is 3.42. The third-order valence-electron chi connectivity index (χ3n) is 1.54. The standard InChI is InChI=1S/C10H21NO3/c1-8(2)7-14-6-5-11-9(12)10(3,4)13/h8,13H,5-7H2,1-4H3,(H,11,12). The van der Waals surface area contributed by atoms with Crippen molar-refractivity contribution in [3.63, 3.8) is 0 Å². The number of ether oxygens (including phenoxy) is 1. The van der Waals surface area contributed by atoms with Crippen LogP contribution in [0.15, 0.2) is 0 Å². The number of amides is 1. The Bertz CT molecular complexity index is 173. The zero-order valence-electron chi connectivity index (χ0n) is 9.46. The van der Waals surface area contributed by atoms with Crippen LogP contribution in [0.5, 0.6) is 0 Å². The number of nitrogens with one attached hydrogen (secondary N) is 1. The van der Waals surface area contributed by atoms with E-state index in [0.29, 0.717) is 25.7 Å². The number of aliphatic hydroxyl groups is 1. The van der Waals surface area contributed by atoms with Gasteiger partial charge in [0.1, 0.15) is 5.60 Å². The summed E-state index contributed by atoms with van der Waals surface area (Å²) in [5.41, 5.74) is -1.31. The van der Waals surface area contributed by atoms with Gasteiger partial charge in [-0.25, -0.2) is 0 Å². The molecule has 4 heteroatoms. The molecule has 0 aromatic carbocycles. The van der Waals surface area contributed by atoms with Crippen LogP contribution in [0.3, 0.4) is 0 Å². The molecule has 4 nitrogen and oxygen atoms in total. The SMILES string of the molecule is CC(C)COCCNC(=O)C(C)(C)O. The maximum Gasteiger partial charge on any atom is 0.251 e. The minimum atomic E-state index is -1.31. The van der Waals surface area contributed by atoms with E-state index in [2.05, 4.69) is 19.2 Å². The molecule has 0 aliphatic rings. The Morgan fingerprint density at radius 2 is 2.07 bits per heavy atom. The van der Waals surface area contributed by atoms with E-state index in [1.165, 1.54) is 13.8 Å². The van der Waals surface area contributed by atoms with Gasteiger partial charge in [0, 0.05) is 13.2 Å². The molecule has 0 spiro atoms. The maximum atomic E-state index is 11.1. The highest BCUT2D eigenvalue weighted by atomic mass is 16.5. The molecular weight excluding hydrogens is 182 g/mol. The molecule has 0 unspecified atom stereocenters. The van der Waals surface area contributed by atoms with Gasteiger partial charge in [0.2, 0.25) is 0 Å². The molecule has 0 aliphatic carbocycles. The molecule has 0 aromatic heterocycles. The molecule has 0 atom stereocenters. The zero-order valence-corrected chi connectivity index (χ0v) is 9.46. The largest absolute Gasteiger partial charge is 0.381 e. The van der Waals surface area contributed by atoms with Gasteiger partial charge < -0.3 is 15.2 Å². The number of carbonyl (C=O) groups excluding carboxylic acids is 1. The van der Waals surface area contributed by atoms with E-state index in [4.69, 9.17) is 4.74 Å². The van der Waals surface area contributed by atoms with E-state index in [1.807, 2.05) is 0 Å². The Morgan fingerprint density at radius 3 is 2.50 bits per heavy atom. The smallest absolute Gasteiger partial charge is 0.251 e. The van der Waals surface area contributed by atoms with Crippen molar-refractivity contribution in [1.82, 2.24) is 5.32 Å². The first-order valence-electron chi connectivity index (χ1n) is 4.92. The van der Waals surface area contributed by atoms with Gasteiger partial charge in [0.25, 0.3) is 5.91 Å². The topological polar surface area (TPSA) is 58.6 Å². The minimum Gasteiger partial charge on any atom is -0.381 e. The fourth-order valence-electron chi connectivity index (χ4n) is 0.772. The summed E-state index contributed by atoms with van der Waals surface area (Å²) in [6.45, 7) is 8.66. The lowest BCUT2D eigenvalue weighted by molar-refractivity contribution is -0.136. The van der Waals surface area contributed by atoms with Gasteiger partial charge in [0.15, 0.2) is 0 Å². The van der Waals surface area contributed by atoms with Crippen LogP contribution in [0.2, 0.25) is 0 Å². The van der Waals surface area contributed by atoms with Crippen molar-refractivity contribution in [2.24, 2.45) is 5.92 Å². The normalized spacial score (nSPS) is 11.9. The second kappa shape index (κ2) is 5.98. The van der Waals surface area contributed by atoms with Crippen molar-refractivity contribution in [3.05, 3.63) is 0 Å². The molecule has 14 heavy (non-hydrogen) atoms. The van der Waals surface area contributed by atoms with Crippen LogP contribution in [-0.4, -0.2) is 36.4 Å². The summed E-state index contributed by atoms with van der Waals surface area (Å²) >= 11 is 0. The van der Waals surface area contributed by atoms with E-state index < -0.39 is 5.60 Å². The number of hydrogen-bond acceptors (Lipinski definition) is 3. The molecule has 0 saturated carbocycles. The molecule has 2 N–H and O–H groups in total. The number of rotatable bonds is 6. The highest BCUT2D eigenvalue weighted by molar-refractivity contribution is 5.83. The third-order valence-corrected chi connectivity index (χ3v) is 1.54. The van der Waals surface area contributed by atoms with Gasteiger partial charge in [0.05, 0.1) is 6.61 Å². The summed E-state index contributed by atoms with van der Waals surface area (Å²) < 4.78 is 5.26. The molecule has 0 radical (unpaired) electrons. The highest BCUT2D eigenvalue weighted by Crippen LogP contribution is 1.99. The number of carbonyl (C=O) groups is 1. The van der Waals surface area contributed by atoms with Crippen molar-refractivity contribution in [1.29, 1.82) is 0 Å². The highest BCUT2D eigenvalue weighted by Gasteiger charge is 2.22. The van der Waals surface area contributed by atoms with Gasteiger partial charge in [-0.3, -0.25) is 4.79 Å². The van der Waals surface area contributed by atoms with Gasteiger partial charge in [-0.15, -0.1) is 0 Å². The number of hydrogen-bond donors (Lipinski definition) is 2. The first-order valence-corrected chi connectivity index (χ1v) is 4.92. The first-order chi connectivity index (χ1) is 6.34. The molecule has 1 amide bonds. The Labute approximate surface area is 85.6 Å². The summed E-state index contributed by atoms with van der Waals surface area (Å²) in [5.74, 6) is 0.130. The van der Waals surface area contributed by atoms with Gasteiger partial charge in [-0.2, -0.15) is 0 Å². The molecule has 0 bridgehead atoms. The van der Waals surface area contributed by atoms with E-state index in [0.717, 1.165) is 0 Å². The zero-order chi connectivity index (χ0) is 11.2. The van der Waals surface area contributed by atoms with Crippen LogP contribution in [-0.2, 0) is 9.53 Å². The van der Waals surface area contributed by atoms with Gasteiger partial charge in [-0.05, 0) is 19.8 Å². The molecule has 0 rings (SSSR count). The van der Waals surface area contributed by atoms with Gasteiger partial charge in [-0.1, -0.05) is 13.8 Å².